The van der Waals surface area contributed by atoms with Crippen LogP contribution in [-0.2, 0) is 14.3 Å². The quantitative estimate of drug-likeness (QED) is 0.455. The molecule has 0 bridgehead atoms. The minimum Gasteiger partial charge on any atom is -0.481 e. The number of fused-ring (bicyclic) bond motifs is 3. The Morgan fingerprint density at radius 3 is 2.09 bits per heavy atom. The van der Waals surface area contributed by atoms with Gasteiger partial charge in [-0.2, -0.15) is 0 Å². The third kappa shape index (κ3) is 6.37. The summed E-state index contributed by atoms with van der Waals surface area (Å²) in [6.45, 7) is 6.35. The molecule has 0 saturated heterocycles. The highest BCUT2D eigenvalue weighted by atomic mass is 16.5. The van der Waals surface area contributed by atoms with Crippen LogP contribution in [0.25, 0.3) is 11.1 Å². The Morgan fingerprint density at radius 2 is 1.53 bits per heavy atom. The highest BCUT2D eigenvalue weighted by Crippen LogP contribution is 2.44. The number of benzene rings is 2. The maximum absolute atomic E-state index is 12.3. The summed E-state index contributed by atoms with van der Waals surface area (Å²) in [6, 6.07) is 16.4. The van der Waals surface area contributed by atoms with E-state index in [4.69, 9.17) is 4.74 Å². The van der Waals surface area contributed by atoms with E-state index in [0.717, 1.165) is 0 Å². The first-order valence-electron chi connectivity index (χ1n) is 11.9. The maximum atomic E-state index is 12.3. The molecule has 1 aliphatic rings. The van der Waals surface area contributed by atoms with Gasteiger partial charge in [0.15, 0.2) is 0 Å². The van der Waals surface area contributed by atoms with Crippen molar-refractivity contribution in [2.45, 2.75) is 39.5 Å². The van der Waals surface area contributed by atoms with Crippen molar-refractivity contribution in [1.29, 1.82) is 0 Å². The zero-order valence-corrected chi connectivity index (χ0v) is 20.0. The van der Waals surface area contributed by atoms with E-state index in [1.165, 1.54) is 22.3 Å². The number of hydrogen-bond acceptors (Lipinski definition) is 4. The van der Waals surface area contributed by atoms with Gasteiger partial charge in [-0.05, 0) is 40.5 Å². The Bertz CT molecular complexity index is 974. The molecule has 0 radical (unpaired) electrons. The van der Waals surface area contributed by atoms with Crippen molar-refractivity contribution in [3.63, 3.8) is 0 Å². The molecule has 0 fully saturated rings. The van der Waals surface area contributed by atoms with Gasteiger partial charge in [-0.25, -0.2) is 4.79 Å². The molecule has 7 nitrogen and oxygen atoms in total. The number of hydrogen-bond donors (Lipinski definition) is 3. The lowest BCUT2D eigenvalue weighted by Gasteiger charge is -2.18. The molecular weight excluding hydrogens is 432 g/mol. The minimum absolute atomic E-state index is 0.0150. The monoisotopic (exact) mass is 466 g/mol. The van der Waals surface area contributed by atoms with E-state index < -0.39 is 18.0 Å². The summed E-state index contributed by atoms with van der Waals surface area (Å²) in [5, 5.41) is 14.7. The fraction of sp³-hybridized carbons (Fsp3) is 0.444. The molecule has 3 rings (SSSR count). The Kier molecular flexibility index (Phi) is 8.68. The number of ether oxygens (including phenoxy) is 1. The van der Waals surface area contributed by atoms with Gasteiger partial charge in [0.2, 0.25) is 5.91 Å². The molecule has 2 aromatic rings. The summed E-state index contributed by atoms with van der Waals surface area (Å²) in [4.78, 5) is 35.6. The zero-order chi connectivity index (χ0) is 24.7. The molecule has 2 unspecified atom stereocenters. The summed E-state index contributed by atoms with van der Waals surface area (Å²) >= 11 is 0. The fourth-order valence-corrected chi connectivity index (χ4v) is 4.39. The van der Waals surface area contributed by atoms with Crippen LogP contribution in [0.4, 0.5) is 4.79 Å². The topological polar surface area (TPSA) is 105 Å². The summed E-state index contributed by atoms with van der Waals surface area (Å²) < 4.78 is 5.53. The minimum atomic E-state index is -0.907. The van der Waals surface area contributed by atoms with E-state index in [2.05, 4.69) is 34.9 Å². The van der Waals surface area contributed by atoms with E-state index in [9.17, 15) is 19.5 Å². The fourth-order valence-electron chi connectivity index (χ4n) is 4.39. The van der Waals surface area contributed by atoms with Crippen molar-refractivity contribution in [2.75, 3.05) is 19.7 Å². The van der Waals surface area contributed by atoms with E-state index in [0.29, 0.717) is 13.0 Å². The molecule has 0 aliphatic heterocycles. The van der Waals surface area contributed by atoms with Gasteiger partial charge < -0.3 is 20.5 Å². The van der Waals surface area contributed by atoms with Crippen molar-refractivity contribution < 1.29 is 24.2 Å². The molecule has 182 valence electrons. The van der Waals surface area contributed by atoms with E-state index in [-0.39, 0.29) is 43.2 Å². The average molecular weight is 467 g/mol. The molecule has 34 heavy (non-hydrogen) atoms. The number of nitrogens with one attached hydrogen (secondary N) is 2. The molecular formula is C27H34N2O5. The van der Waals surface area contributed by atoms with Gasteiger partial charge in [0.05, 0.1) is 5.92 Å². The number of carboxylic acid groups (broad SMARTS) is 1. The first-order chi connectivity index (χ1) is 16.3. The molecule has 1 aliphatic carbocycles. The molecule has 2 amide bonds. The van der Waals surface area contributed by atoms with Gasteiger partial charge in [0, 0.05) is 25.4 Å². The smallest absolute Gasteiger partial charge is 0.407 e. The van der Waals surface area contributed by atoms with Crippen molar-refractivity contribution in [3.05, 3.63) is 59.7 Å². The molecule has 0 aromatic heterocycles. The Morgan fingerprint density at radius 1 is 0.941 bits per heavy atom. The molecule has 3 N–H and O–H groups in total. The number of carboxylic acids is 1. The lowest BCUT2D eigenvalue weighted by atomic mass is 9.96. The molecule has 0 saturated carbocycles. The Labute approximate surface area is 200 Å². The Balaban J connectivity index is 1.39. The average Bonchev–Trinajstić information content (AvgIpc) is 3.11. The summed E-state index contributed by atoms with van der Waals surface area (Å²) in [6.07, 6.45) is 0.417. The normalized spacial score (nSPS) is 14.1. The maximum Gasteiger partial charge on any atom is 0.407 e. The van der Waals surface area contributed by atoms with Gasteiger partial charge in [0.1, 0.15) is 6.61 Å². The number of amides is 2. The third-order valence-corrected chi connectivity index (χ3v) is 6.43. The summed E-state index contributed by atoms with van der Waals surface area (Å²) in [5.74, 6) is -1.69. The van der Waals surface area contributed by atoms with Gasteiger partial charge in [-0.1, -0.05) is 69.3 Å². The van der Waals surface area contributed by atoms with Crippen LogP contribution in [0, 0.1) is 17.8 Å². The van der Waals surface area contributed by atoms with Crippen LogP contribution in [0.2, 0.25) is 0 Å². The van der Waals surface area contributed by atoms with E-state index in [1.54, 1.807) is 0 Å². The van der Waals surface area contributed by atoms with Crippen molar-refractivity contribution in [2.24, 2.45) is 17.8 Å². The van der Waals surface area contributed by atoms with Crippen LogP contribution in [0.5, 0.6) is 0 Å². The lowest BCUT2D eigenvalue weighted by Crippen LogP contribution is -2.36. The van der Waals surface area contributed by atoms with Crippen LogP contribution in [0.15, 0.2) is 48.5 Å². The van der Waals surface area contributed by atoms with Gasteiger partial charge in [-0.3, -0.25) is 9.59 Å². The molecule has 7 heteroatoms. The standard InChI is InChI=1S/C27H34N2O5/c1-17(2)23(26(31)32)15-29-25(30)14-18(3)12-13-28-27(33)34-16-24-21-10-6-4-8-19(21)20-9-5-7-11-22(20)24/h4-11,17-18,23-24H,12-16H2,1-3H3,(H,28,33)(H,29,30)(H,31,32). The predicted octanol–water partition coefficient (Wildman–Crippen LogP) is 4.41. The first-order valence-corrected chi connectivity index (χ1v) is 11.9. The molecule has 0 heterocycles. The highest BCUT2D eigenvalue weighted by Gasteiger charge is 2.29. The van der Waals surface area contributed by atoms with E-state index >= 15 is 0 Å². The van der Waals surface area contributed by atoms with E-state index in [1.807, 2.05) is 45.0 Å². The zero-order valence-electron chi connectivity index (χ0n) is 20.0. The molecule has 2 atom stereocenters. The van der Waals surface area contributed by atoms with Crippen LogP contribution < -0.4 is 10.6 Å². The van der Waals surface area contributed by atoms with Crippen molar-refractivity contribution in [1.82, 2.24) is 10.6 Å². The van der Waals surface area contributed by atoms with Crippen LogP contribution in [0.3, 0.4) is 0 Å². The van der Waals surface area contributed by atoms with Crippen LogP contribution in [-0.4, -0.2) is 42.8 Å². The number of rotatable bonds is 11. The number of alkyl carbamates (subject to hydrolysis) is 1. The van der Waals surface area contributed by atoms with Gasteiger partial charge >= 0.3 is 12.1 Å². The highest BCUT2D eigenvalue weighted by molar-refractivity contribution is 5.79. The van der Waals surface area contributed by atoms with Gasteiger partial charge in [-0.15, -0.1) is 0 Å². The SMILES string of the molecule is CC(CCNC(=O)OCC1c2ccccc2-c2ccccc21)CC(=O)NCC(C(=O)O)C(C)C. The lowest BCUT2D eigenvalue weighted by molar-refractivity contribution is -0.143. The second kappa shape index (κ2) is 11.7. The van der Waals surface area contributed by atoms with Gasteiger partial charge in [0.25, 0.3) is 0 Å². The summed E-state index contributed by atoms with van der Waals surface area (Å²) in [5.41, 5.74) is 4.70. The summed E-state index contributed by atoms with van der Waals surface area (Å²) in [7, 11) is 0. The van der Waals surface area contributed by atoms with Crippen LogP contribution >= 0.6 is 0 Å². The third-order valence-electron chi connectivity index (χ3n) is 6.43. The van der Waals surface area contributed by atoms with Crippen molar-refractivity contribution >= 4 is 18.0 Å². The second-order valence-electron chi connectivity index (χ2n) is 9.34. The number of carbonyl (C=O) groups is 3. The largest absolute Gasteiger partial charge is 0.481 e. The molecule has 0 spiro atoms. The first kappa shape index (κ1) is 25.3. The predicted molar refractivity (Wildman–Crippen MR) is 130 cm³/mol. The Hall–Kier alpha value is -3.35. The number of aliphatic carboxylic acids is 1. The van der Waals surface area contributed by atoms with Crippen LogP contribution in [0.1, 0.15) is 50.7 Å². The molecule has 2 aromatic carbocycles. The number of carbonyl (C=O) groups excluding carboxylic acids is 2. The van der Waals surface area contributed by atoms with Crippen molar-refractivity contribution in [3.8, 4) is 11.1 Å². The second-order valence-corrected chi connectivity index (χ2v) is 9.34.